The highest BCUT2D eigenvalue weighted by Crippen LogP contribution is 2.22. The first-order valence-corrected chi connectivity index (χ1v) is 8.08. The monoisotopic (exact) mass is 304 g/mol. The van der Waals surface area contributed by atoms with Crippen molar-refractivity contribution in [2.75, 3.05) is 5.75 Å². The van der Waals surface area contributed by atoms with Crippen LogP contribution < -0.4 is 0 Å². The van der Waals surface area contributed by atoms with Crippen LogP contribution in [0.3, 0.4) is 0 Å². The fraction of sp³-hybridized carbons (Fsp3) is 0.375. The fourth-order valence-corrected chi connectivity index (χ4v) is 2.85. The Labute approximate surface area is 129 Å². The Morgan fingerprint density at radius 2 is 2.05 bits per heavy atom. The smallest absolute Gasteiger partial charge is 0.313 e. The van der Waals surface area contributed by atoms with Crippen molar-refractivity contribution in [2.24, 2.45) is 0 Å². The molecule has 0 spiro atoms. The number of imidazole rings is 1. The van der Waals surface area contributed by atoms with Gasteiger partial charge in [0.1, 0.15) is 0 Å². The second-order valence-corrected chi connectivity index (χ2v) is 5.93. The number of rotatable bonds is 7. The number of hydrogen-bond donors (Lipinski definition) is 1. The zero-order chi connectivity index (χ0) is 15.2. The predicted octanol–water partition coefficient (Wildman–Crippen LogP) is 3.70. The number of nitrogens with zero attached hydrogens (tertiary/aromatic N) is 2. The molecule has 2 rings (SSSR count). The van der Waals surface area contributed by atoms with Crippen molar-refractivity contribution in [1.82, 2.24) is 9.55 Å². The van der Waals surface area contributed by atoms with E-state index in [1.54, 1.807) is 0 Å². The number of aromatic nitrogens is 2. The number of carboxylic acids is 1. The van der Waals surface area contributed by atoms with Gasteiger partial charge in [-0.1, -0.05) is 37.2 Å². The van der Waals surface area contributed by atoms with Crippen LogP contribution in [0.2, 0.25) is 0 Å². The lowest BCUT2D eigenvalue weighted by Gasteiger charge is -2.08. The van der Waals surface area contributed by atoms with Crippen molar-refractivity contribution in [3.63, 3.8) is 0 Å². The lowest BCUT2D eigenvalue weighted by Crippen LogP contribution is -2.01. The van der Waals surface area contributed by atoms with Crippen LogP contribution in [0.15, 0.2) is 35.6 Å². The average molecular weight is 304 g/mol. The maximum atomic E-state index is 10.7. The average Bonchev–Trinajstić information content (AvgIpc) is 2.84. The molecule has 0 saturated heterocycles. The molecule has 112 valence electrons. The number of carboxylic acid groups (broad SMARTS) is 1. The maximum Gasteiger partial charge on any atom is 0.313 e. The van der Waals surface area contributed by atoms with Crippen molar-refractivity contribution in [1.29, 1.82) is 0 Å². The fourth-order valence-electron chi connectivity index (χ4n) is 2.09. The predicted molar refractivity (Wildman–Crippen MR) is 85.3 cm³/mol. The Morgan fingerprint density at radius 1 is 1.33 bits per heavy atom. The van der Waals surface area contributed by atoms with E-state index in [4.69, 9.17) is 5.11 Å². The highest BCUT2D eigenvalue weighted by atomic mass is 32.2. The molecular weight excluding hydrogens is 284 g/mol. The van der Waals surface area contributed by atoms with Gasteiger partial charge in [-0.2, -0.15) is 0 Å². The summed E-state index contributed by atoms with van der Waals surface area (Å²) in [6.07, 6.45) is 5.42. The van der Waals surface area contributed by atoms with Crippen molar-refractivity contribution in [2.45, 2.75) is 38.3 Å². The van der Waals surface area contributed by atoms with E-state index in [1.807, 2.05) is 17.7 Å². The van der Waals surface area contributed by atoms with Crippen molar-refractivity contribution >= 4 is 17.7 Å². The van der Waals surface area contributed by atoms with Crippen molar-refractivity contribution in [3.8, 4) is 5.69 Å². The van der Waals surface area contributed by atoms with E-state index in [2.05, 4.69) is 36.2 Å². The van der Waals surface area contributed by atoms with E-state index < -0.39 is 5.97 Å². The molecule has 1 aromatic heterocycles. The molecule has 0 aliphatic rings. The minimum atomic E-state index is -0.831. The van der Waals surface area contributed by atoms with Gasteiger partial charge in [0.25, 0.3) is 0 Å². The van der Waals surface area contributed by atoms with Crippen LogP contribution in [-0.4, -0.2) is 26.4 Å². The summed E-state index contributed by atoms with van der Waals surface area (Å²) in [7, 11) is 0. The Hall–Kier alpha value is -1.75. The summed E-state index contributed by atoms with van der Waals surface area (Å²) < 4.78 is 1.95. The van der Waals surface area contributed by atoms with Crippen LogP contribution in [0.4, 0.5) is 0 Å². The van der Waals surface area contributed by atoms with Gasteiger partial charge < -0.3 is 5.11 Å². The van der Waals surface area contributed by atoms with Crippen molar-refractivity contribution < 1.29 is 9.90 Å². The van der Waals surface area contributed by atoms with Gasteiger partial charge >= 0.3 is 5.97 Å². The molecule has 0 saturated carbocycles. The summed E-state index contributed by atoms with van der Waals surface area (Å²) in [6, 6.07) is 8.39. The minimum Gasteiger partial charge on any atom is -0.481 e. The number of hydrogen-bond acceptors (Lipinski definition) is 3. The van der Waals surface area contributed by atoms with E-state index in [0.717, 1.165) is 23.0 Å². The number of carbonyl (C=O) groups is 1. The van der Waals surface area contributed by atoms with Gasteiger partial charge in [-0.05, 0) is 37.5 Å². The molecular formula is C16H20N2O2S. The Morgan fingerprint density at radius 3 is 2.67 bits per heavy atom. The van der Waals surface area contributed by atoms with E-state index in [-0.39, 0.29) is 5.75 Å². The molecule has 2 aromatic rings. The summed E-state index contributed by atoms with van der Waals surface area (Å²) in [5, 5.41) is 9.52. The number of unbranched alkanes of at least 4 members (excludes halogenated alkanes) is 1. The van der Waals surface area contributed by atoms with Gasteiger partial charge in [-0.3, -0.25) is 9.36 Å². The highest BCUT2D eigenvalue weighted by Gasteiger charge is 2.10. The molecule has 1 heterocycles. The second-order valence-electron chi connectivity index (χ2n) is 4.99. The lowest BCUT2D eigenvalue weighted by atomic mass is 10.1. The third-order valence-electron chi connectivity index (χ3n) is 3.15. The summed E-state index contributed by atoms with van der Waals surface area (Å²) in [5.41, 5.74) is 3.24. The molecule has 0 bridgehead atoms. The summed E-state index contributed by atoms with van der Waals surface area (Å²) >= 11 is 1.24. The summed E-state index contributed by atoms with van der Waals surface area (Å²) in [6.45, 7) is 4.10. The molecule has 0 fully saturated rings. The quantitative estimate of drug-likeness (QED) is 0.792. The summed E-state index contributed by atoms with van der Waals surface area (Å²) in [4.78, 5) is 15.1. The summed E-state index contributed by atoms with van der Waals surface area (Å²) in [5.74, 6) is -0.812. The largest absolute Gasteiger partial charge is 0.481 e. The minimum absolute atomic E-state index is 0.0189. The molecule has 1 aromatic carbocycles. The number of aliphatic carboxylic acids is 1. The topological polar surface area (TPSA) is 55.1 Å². The van der Waals surface area contributed by atoms with Crippen LogP contribution in [0.25, 0.3) is 5.69 Å². The first-order valence-electron chi connectivity index (χ1n) is 7.10. The standard InChI is InChI=1S/C16H20N2O2S/c1-3-4-5-13-6-8-14(9-7-13)18-10-12(2)17-16(18)21-11-15(19)20/h6-10H,3-5,11H2,1-2H3,(H,19,20). The number of aryl methyl sites for hydroxylation is 2. The van der Waals surface area contributed by atoms with E-state index >= 15 is 0 Å². The number of thioether (sulfide) groups is 1. The van der Waals surface area contributed by atoms with Crippen LogP contribution >= 0.6 is 11.8 Å². The lowest BCUT2D eigenvalue weighted by molar-refractivity contribution is -0.133. The Kier molecular flexibility index (Phi) is 5.44. The third-order valence-corrected chi connectivity index (χ3v) is 4.09. The molecule has 21 heavy (non-hydrogen) atoms. The zero-order valence-electron chi connectivity index (χ0n) is 12.4. The third kappa shape index (κ3) is 4.36. The maximum absolute atomic E-state index is 10.7. The van der Waals surface area contributed by atoms with Gasteiger partial charge in [-0.25, -0.2) is 4.98 Å². The molecule has 0 aliphatic heterocycles. The first-order chi connectivity index (χ1) is 10.1. The molecule has 0 amide bonds. The molecule has 5 heteroatoms. The highest BCUT2D eigenvalue weighted by molar-refractivity contribution is 7.99. The Balaban J connectivity index is 2.18. The van der Waals surface area contributed by atoms with E-state index in [1.165, 1.54) is 30.2 Å². The van der Waals surface area contributed by atoms with Gasteiger partial charge in [0.2, 0.25) is 0 Å². The van der Waals surface area contributed by atoms with Gasteiger partial charge in [0.05, 0.1) is 11.4 Å². The molecule has 0 aliphatic carbocycles. The molecule has 0 radical (unpaired) electrons. The SMILES string of the molecule is CCCCc1ccc(-n2cc(C)nc2SCC(=O)O)cc1. The normalized spacial score (nSPS) is 10.8. The van der Waals surface area contributed by atoms with Gasteiger partial charge in [0.15, 0.2) is 5.16 Å². The van der Waals surface area contributed by atoms with Crippen LogP contribution in [0, 0.1) is 6.92 Å². The van der Waals surface area contributed by atoms with Crippen LogP contribution in [-0.2, 0) is 11.2 Å². The molecule has 1 N–H and O–H groups in total. The van der Waals surface area contributed by atoms with E-state index in [0.29, 0.717) is 0 Å². The van der Waals surface area contributed by atoms with Crippen LogP contribution in [0.5, 0.6) is 0 Å². The second kappa shape index (κ2) is 7.31. The van der Waals surface area contributed by atoms with Crippen LogP contribution in [0.1, 0.15) is 31.0 Å². The molecule has 0 unspecified atom stereocenters. The molecule has 0 atom stereocenters. The van der Waals surface area contributed by atoms with Gasteiger partial charge in [-0.15, -0.1) is 0 Å². The van der Waals surface area contributed by atoms with Crippen molar-refractivity contribution in [3.05, 3.63) is 41.7 Å². The first kappa shape index (κ1) is 15.6. The van der Waals surface area contributed by atoms with E-state index in [9.17, 15) is 4.79 Å². The molecule has 4 nitrogen and oxygen atoms in total. The zero-order valence-corrected chi connectivity index (χ0v) is 13.2. The number of benzene rings is 1. The Bertz CT molecular complexity index is 605. The van der Waals surface area contributed by atoms with Gasteiger partial charge in [0, 0.05) is 11.9 Å².